The molecule has 1 atom stereocenters. The van der Waals surface area contributed by atoms with E-state index in [0.29, 0.717) is 22.9 Å². The van der Waals surface area contributed by atoms with Crippen molar-refractivity contribution in [2.24, 2.45) is 12.8 Å². The molecule has 5 rings (SSSR count). The smallest absolute Gasteiger partial charge is 0.269 e. The number of carbonyl (C=O) groups excluding carboxylic acids is 1. The van der Waals surface area contributed by atoms with Crippen LogP contribution in [0.25, 0.3) is 11.4 Å². The van der Waals surface area contributed by atoms with Gasteiger partial charge >= 0.3 is 0 Å². The lowest BCUT2D eigenvalue weighted by Crippen LogP contribution is -2.44. The molecular weight excluding hydrogens is 595 g/mol. The minimum absolute atomic E-state index is 0. The Kier molecular flexibility index (Phi) is 7.44. The Morgan fingerprint density at radius 3 is 2.56 bits per heavy atom. The Morgan fingerprint density at radius 1 is 1.22 bits per heavy atom. The molecule has 0 saturated carbocycles. The standard InChI is InChI=1S/C22H22BrCl3N8O.H2O/c1-32-5-7-34(8-6-32)14-4-3-11(9-13(14)23)29-21-28-10-12-16(30-21)18-15(22(25,26)19(12)24)17(20(27)35)31-33(18)2;/h3-4,9-10,19H,5-8H2,1-2H3,(H2,27,35)(H,28,29,30);1H2. The summed E-state index contributed by atoms with van der Waals surface area (Å²) in [5.41, 5.74) is 9.14. The SMILES string of the molecule is CN1CCN(c2ccc(Nc3ncc4c(n3)-c3c(c(C(N)=O)nn3C)C(Cl)(Cl)C4Cl)cc2Br)CC1.O. The average molecular weight is 619 g/mol. The van der Waals surface area contributed by atoms with Crippen LogP contribution in [0.4, 0.5) is 17.3 Å². The fraction of sp³-hybridized carbons (Fsp3) is 0.364. The van der Waals surface area contributed by atoms with Gasteiger partial charge in [-0.15, -0.1) is 11.6 Å². The Bertz CT molecular complexity index is 1330. The fourth-order valence-corrected chi connectivity index (χ4v) is 5.94. The van der Waals surface area contributed by atoms with Crippen LogP contribution in [0.1, 0.15) is 27.0 Å². The number of aryl methyl sites for hydroxylation is 1. The first-order valence-electron chi connectivity index (χ1n) is 10.8. The van der Waals surface area contributed by atoms with Gasteiger partial charge in [-0.1, -0.05) is 23.2 Å². The number of carbonyl (C=O) groups is 1. The van der Waals surface area contributed by atoms with E-state index in [0.717, 1.165) is 42.0 Å². The molecule has 1 aliphatic carbocycles. The number of hydrogen-bond donors (Lipinski definition) is 2. The molecule has 1 fully saturated rings. The van der Waals surface area contributed by atoms with Gasteiger partial charge in [0, 0.05) is 55.1 Å². The molecule has 1 saturated heterocycles. The van der Waals surface area contributed by atoms with Crippen molar-refractivity contribution in [1.29, 1.82) is 0 Å². The highest BCUT2D eigenvalue weighted by Gasteiger charge is 2.49. The number of hydrogen-bond acceptors (Lipinski definition) is 7. The van der Waals surface area contributed by atoms with Crippen molar-refractivity contribution in [3.8, 4) is 11.4 Å². The molecule has 0 radical (unpaired) electrons. The van der Waals surface area contributed by atoms with E-state index in [1.807, 2.05) is 12.1 Å². The summed E-state index contributed by atoms with van der Waals surface area (Å²) in [5.74, 6) is -0.408. The van der Waals surface area contributed by atoms with E-state index in [1.165, 1.54) is 4.68 Å². The summed E-state index contributed by atoms with van der Waals surface area (Å²) in [4.78, 5) is 25.8. The minimum Gasteiger partial charge on any atom is -0.412 e. The number of halogens is 4. The maximum absolute atomic E-state index is 12.0. The average Bonchev–Trinajstić information content (AvgIpc) is 3.17. The number of likely N-dealkylation sites (N-methyl/N-ethyl adjacent to an activating group) is 1. The number of nitrogens with one attached hydrogen (secondary N) is 1. The topological polar surface area (TPSA) is 137 Å². The van der Waals surface area contributed by atoms with Crippen molar-refractivity contribution in [3.05, 3.63) is 45.7 Å². The molecule has 0 bridgehead atoms. The fourth-order valence-electron chi connectivity index (χ4n) is 4.45. The normalized spacial score (nSPS) is 18.7. The summed E-state index contributed by atoms with van der Waals surface area (Å²) in [7, 11) is 3.80. The van der Waals surface area contributed by atoms with Crippen LogP contribution in [0.3, 0.4) is 0 Å². The van der Waals surface area contributed by atoms with Gasteiger partial charge in [-0.3, -0.25) is 9.48 Å². The molecule has 2 aliphatic rings. The molecule has 3 aromatic rings. The quantitative estimate of drug-likeness (QED) is 0.428. The molecule has 3 heterocycles. The van der Waals surface area contributed by atoms with E-state index in [4.69, 9.17) is 40.5 Å². The zero-order chi connectivity index (χ0) is 25.1. The summed E-state index contributed by atoms with van der Waals surface area (Å²) in [6.07, 6.45) is 1.58. The molecule has 1 aromatic carbocycles. The highest BCUT2D eigenvalue weighted by Crippen LogP contribution is 2.57. The van der Waals surface area contributed by atoms with Crippen molar-refractivity contribution < 1.29 is 10.3 Å². The van der Waals surface area contributed by atoms with Crippen LogP contribution >= 0.6 is 50.7 Å². The largest absolute Gasteiger partial charge is 0.412 e. The molecule has 0 spiro atoms. The maximum atomic E-state index is 12.0. The summed E-state index contributed by atoms with van der Waals surface area (Å²) in [5, 5.41) is 6.55. The van der Waals surface area contributed by atoms with Crippen LogP contribution in [0.15, 0.2) is 28.9 Å². The maximum Gasteiger partial charge on any atom is 0.269 e. The molecule has 2 aromatic heterocycles. The van der Waals surface area contributed by atoms with Crippen molar-refractivity contribution in [1.82, 2.24) is 24.6 Å². The van der Waals surface area contributed by atoms with E-state index in [-0.39, 0.29) is 16.7 Å². The van der Waals surface area contributed by atoms with Gasteiger partial charge in [-0.25, -0.2) is 9.97 Å². The van der Waals surface area contributed by atoms with Crippen LogP contribution in [0.2, 0.25) is 0 Å². The van der Waals surface area contributed by atoms with E-state index >= 15 is 0 Å². The highest BCUT2D eigenvalue weighted by atomic mass is 79.9. The molecule has 192 valence electrons. The van der Waals surface area contributed by atoms with Gasteiger partial charge < -0.3 is 26.3 Å². The second-order valence-corrected chi connectivity index (χ2v) is 11.3. The summed E-state index contributed by atoms with van der Waals surface area (Å²) in [6.45, 7) is 3.99. The second kappa shape index (κ2) is 9.96. The van der Waals surface area contributed by atoms with Crippen molar-refractivity contribution in [2.45, 2.75) is 9.71 Å². The Morgan fingerprint density at radius 2 is 1.92 bits per heavy atom. The Hall–Kier alpha value is -2.15. The van der Waals surface area contributed by atoms with Crippen LogP contribution in [0, 0.1) is 0 Å². The Labute approximate surface area is 231 Å². The molecule has 36 heavy (non-hydrogen) atoms. The number of amides is 1. The van der Waals surface area contributed by atoms with Gasteiger partial charge in [0.2, 0.25) is 5.95 Å². The first-order chi connectivity index (χ1) is 16.6. The van der Waals surface area contributed by atoms with Crippen LogP contribution in [-0.4, -0.2) is 69.3 Å². The number of nitrogens with two attached hydrogens (primary N) is 1. The summed E-state index contributed by atoms with van der Waals surface area (Å²) >= 11 is 23.5. The Balaban J connectivity index is 0.00000304. The van der Waals surface area contributed by atoms with Gasteiger partial charge in [0.15, 0.2) is 10.0 Å². The number of piperazine rings is 1. The number of aromatic nitrogens is 4. The van der Waals surface area contributed by atoms with E-state index in [9.17, 15) is 4.79 Å². The number of anilines is 3. The third-order valence-electron chi connectivity index (χ3n) is 6.29. The highest BCUT2D eigenvalue weighted by molar-refractivity contribution is 9.10. The number of benzene rings is 1. The van der Waals surface area contributed by atoms with Crippen molar-refractivity contribution in [2.75, 3.05) is 43.4 Å². The van der Waals surface area contributed by atoms with Crippen LogP contribution in [-0.2, 0) is 11.4 Å². The molecule has 1 aliphatic heterocycles. The van der Waals surface area contributed by atoms with Gasteiger partial charge in [0.05, 0.1) is 28.0 Å². The van der Waals surface area contributed by atoms with Crippen LogP contribution in [0.5, 0.6) is 0 Å². The lowest BCUT2D eigenvalue weighted by Gasteiger charge is -2.34. The molecular formula is C22H24BrCl3N8O2. The predicted molar refractivity (Wildman–Crippen MR) is 145 cm³/mol. The molecule has 5 N–H and O–H groups in total. The lowest BCUT2D eigenvalue weighted by molar-refractivity contribution is 0.0993. The second-order valence-electron chi connectivity index (χ2n) is 8.62. The van der Waals surface area contributed by atoms with E-state index < -0.39 is 15.6 Å². The first-order valence-corrected chi connectivity index (χ1v) is 12.8. The number of primary amides is 1. The number of fused-ring (bicyclic) bond motifs is 3. The molecule has 14 heteroatoms. The van der Waals surface area contributed by atoms with Gasteiger partial charge in [0.1, 0.15) is 0 Å². The van der Waals surface area contributed by atoms with Gasteiger partial charge in [-0.2, -0.15) is 5.10 Å². The van der Waals surface area contributed by atoms with Gasteiger partial charge in [-0.05, 0) is 41.2 Å². The van der Waals surface area contributed by atoms with E-state index in [2.05, 4.69) is 59.2 Å². The minimum atomic E-state index is -1.63. The van der Waals surface area contributed by atoms with Crippen molar-refractivity contribution >= 4 is 74.0 Å². The van der Waals surface area contributed by atoms with Crippen LogP contribution < -0.4 is 16.0 Å². The lowest BCUT2D eigenvalue weighted by atomic mass is 9.91. The summed E-state index contributed by atoms with van der Waals surface area (Å²) < 4.78 is 0.819. The number of nitrogens with zero attached hydrogens (tertiary/aromatic N) is 6. The summed E-state index contributed by atoms with van der Waals surface area (Å²) in [6, 6.07) is 6.04. The monoisotopic (exact) mass is 616 g/mol. The first kappa shape index (κ1) is 26.9. The van der Waals surface area contributed by atoms with Gasteiger partial charge in [0.25, 0.3) is 5.91 Å². The van der Waals surface area contributed by atoms with E-state index in [1.54, 1.807) is 13.2 Å². The number of rotatable bonds is 4. The number of alkyl halides is 3. The zero-order valence-corrected chi connectivity index (χ0v) is 23.2. The van der Waals surface area contributed by atoms with Crippen molar-refractivity contribution in [3.63, 3.8) is 0 Å². The zero-order valence-electron chi connectivity index (χ0n) is 19.4. The molecule has 1 amide bonds. The molecule has 1 unspecified atom stereocenters. The third-order valence-corrected chi connectivity index (χ3v) is 8.53. The predicted octanol–water partition coefficient (Wildman–Crippen LogP) is 3.33. The molecule has 10 nitrogen and oxygen atoms in total. The third kappa shape index (κ3) is 4.52.